The highest BCUT2D eigenvalue weighted by atomic mass is 16.5. The minimum Gasteiger partial charge on any atom is -0.489 e. The Hall–Kier alpha value is -1.81. The van der Waals surface area contributed by atoms with Crippen molar-refractivity contribution in [3.8, 4) is 5.75 Å². The summed E-state index contributed by atoms with van der Waals surface area (Å²) < 4.78 is 5.63. The van der Waals surface area contributed by atoms with Crippen LogP contribution in [0.3, 0.4) is 0 Å². The third-order valence-corrected chi connectivity index (χ3v) is 3.72. The van der Waals surface area contributed by atoms with E-state index in [9.17, 15) is 4.79 Å². The highest BCUT2D eigenvalue weighted by Gasteiger charge is 2.22. The number of carbonyl (C=O) groups is 1. The van der Waals surface area contributed by atoms with Crippen molar-refractivity contribution in [3.63, 3.8) is 0 Å². The number of benzene rings is 1. The number of para-hydroxylation sites is 1. The Morgan fingerprint density at radius 2 is 2.14 bits per heavy atom. The molecule has 1 N–H and O–H groups in total. The van der Waals surface area contributed by atoms with Crippen LogP contribution in [0.15, 0.2) is 36.9 Å². The molecule has 0 aromatic heterocycles. The van der Waals surface area contributed by atoms with Gasteiger partial charge in [-0.2, -0.15) is 0 Å². The predicted octanol–water partition coefficient (Wildman–Crippen LogP) is 2.35. The first-order chi connectivity index (χ1) is 10.2. The molecule has 0 spiro atoms. The van der Waals surface area contributed by atoms with Crippen molar-refractivity contribution >= 4 is 5.91 Å². The Balaban J connectivity index is 1.89. The van der Waals surface area contributed by atoms with Gasteiger partial charge in [-0.1, -0.05) is 30.9 Å². The molecular formula is C17H24N2O2. The van der Waals surface area contributed by atoms with Crippen LogP contribution in [-0.4, -0.2) is 36.5 Å². The number of hydrogen-bond acceptors (Lipinski definition) is 3. The second kappa shape index (κ2) is 7.84. The number of nitrogens with one attached hydrogen (secondary N) is 1. The maximum absolute atomic E-state index is 12.2. The van der Waals surface area contributed by atoms with Gasteiger partial charge >= 0.3 is 0 Å². The summed E-state index contributed by atoms with van der Waals surface area (Å²) in [5.41, 5.74) is 1.06. The summed E-state index contributed by atoms with van der Waals surface area (Å²) >= 11 is 0. The minimum atomic E-state index is -0.171. The Bertz CT molecular complexity index is 481. The van der Waals surface area contributed by atoms with Crippen molar-refractivity contribution < 1.29 is 9.53 Å². The molecule has 4 nitrogen and oxygen atoms in total. The summed E-state index contributed by atoms with van der Waals surface area (Å²) in [5, 5.41) is 3.30. The number of hydrogen-bond donors (Lipinski definition) is 1. The van der Waals surface area contributed by atoms with Gasteiger partial charge in [0.15, 0.2) is 0 Å². The molecule has 1 fully saturated rings. The number of nitrogens with zero attached hydrogens (tertiary/aromatic N) is 1. The zero-order chi connectivity index (χ0) is 15.1. The summed E-state index contributed by atoms with van der Waals surface area (Å²) in [4.78, 5) is 14.2. The molecule has 2 rings (SSSR count). The molecule has 1 aliphatic heterocycles. The van der Waals surface area contributed by atoms with Gasteiger partial charge in [-0.15, -0.1) is 0 Å². The molecule has 21 heavy (non-hydrogen) atoms. The van der Waals surface area contributed by atoms with Crippen LogP contribution in [0.5, 0.6) is 5.75 Å². The van der Waals surface area contributed by atoms with Crippen molar-refractivity contribution in [1.82, 2.24) is 10.2 Å². The van der Waals surface area contributed by atoms with E-state index < -0.39 is 0 Å². The smallest absolute Gasteiger partial charge is 0.239 e. The van der Waals surface area contributed by atoms with E-state index in [0.717, 1.165) is 37.2 Å². The van der Waals surface area contributed by atoms with Crippen LogP contribution in [0, 0.1) is 0 Å². The van der Waals surface area contributed by atoms with Crippen LogP contribution >= 0.6 is 0 Å². The molecule has 114 valence electrons. The molecule has 1 aliphatic rings. The maximum atomic E-state index is 12.2. The molecule has 0 aliphatic carbocycles. The van der Waals surface area contributed by atoms with E-state index in [0.29, 0.717) is 13.2 Å². The highest BCUT2D eigenvalue weighted by Crippen LogP contribution is 2.18. The van der Waals surface area contributed by atoms with Gasteiger partial charge in [-0.25, -0.2) is 0 Å². The zero-order valence-corrected chi connectivity index (χ0v) is 12.7. The first-order valence-corrected chi connectivity index (χ1v) is 7.56. The molecule has 1 aromatic carbocycles. The van der Waals surface area contributed by atoms with Gasteiger partial charge in [-0.3, -0.25) is 4.79 Å². The van der Waals surface area contributed by atoms with E-state index in [1.165, 1.54) is 0 Å². The second-order valence-corrected chi connectivity index (χ2v) is 5.34. The number of ether oxygens (including phenoxy) is 1. The van der Waals surface area contributed by atoms with Crippen LogP contribution in [0.2, 0.25) is 0 Å². The van der Waals surface area contributed by atoms with E-state index in [-0.39, 0.29) is 11.9 Å². The molecule has 1 aromatic rings. The van der Waals surface area contributed by atoms with Gasteiger partial charge in [0.25, 0.3) is 0 Å². The van der Waals surface area contributed by atoms with Crippen LogP contribution in [0.4, 0.5) is 0 Å². The monoisotopic (exact) mass is 288 g/mol. The van der Waals surface area contributed by atoms with Gasteiger partial charge in [0.2, 0.25) is 5.91 Å². The lowest BCUT2D eigenvalue weighted by Gasteiger charge is -2.21. The van der Waals surface area contributed by atoms with Crippen LogP contribution < -0.4 is 10.1 Å². The lowest BCUT2D eigenvalue weighted by Crippen LogP contribution is -2.43. The molecule has 1 amide bonds. The Labute approximate surface area is 126 Å². The topological polar surface area (TPSA) is 41.6 Å². The standard InChI is InChI=1S/C17H24N2O2/c1-3-12-21-16-9-5-4-8-15(16)13-18-14(2)17(20)19-10-6-7-11-19/h3-5,8-9,14,18H,1,6-7,10-13H2,2H3. The minimum absolute atomic E-state index is 0.171. The van der Waals surface area contributed by atoms with Crippen molar-refractivity contribution in [1.29, 1.82) is 0 Å². The fraction of sp³-hybridized carbons (Fsp3) is 0.471. The van der Waals surface area contributed by atoms with Crippen molar-refractivity contribution in [2.75, 3.05) is 19.7 Å². The second-order valence-electron chi connectivity index (χ2n) is 5.34. The van der Waals surface area contributed by atoms with Crippen LogP contribution in [0.25, 0.3) is 0 Å². The highest BCUT2D eigenvalue weighted by molar-refractivity contribution is 5.81. The zero-order valence-electron chi connectivity index (χ0n) is 12.7. The van der Waals surface area contributed by atoms with Crippen LogP contribution in [0.1, 0.15) is 25.3 Å². The van der Waals surface area contributed by atoms with E-state index in [2.05, 4.69) is 11.9 Å². The number of likely N-dealkylation sites (tertiary alicyclic amines) is 1. The summed E-state index contributed by atoms with van der Waals surface area (Å²) in [6.07, 6.45) is 3.97. The average molecular weight is 288 g/mol. The third kappa shape index (κ3) is 4.33. The number of rotatable bonds is 7. The quantitative estimate of drug-likeness (QED) is 0.783. The number of carbonyl (C=O) groups excluding carboxylic acids is 1. The lowest BCUT2D eigenvalue weighted by atomic mass is 10.2. The molecule has 1 heterocycles. The van der Waals surface area contributed by atoms with Gasteiger partial charge in [0.1, 0.15) is 12.4 Å². The molecule has 1 saturated heterocycles. The Morgan fingerprint density at radius 1 is 1.43 bits per heavy atom. The van der Waals surface area contributed by atoms with E-state index in [1.54, 1.807) is 6.08 Å². The molecule has 0 bridgehead atoms. The normalized spacial score (nSPS) is 15.8. The maximum Gasteiger partial charge on any atom is 0.239 e. The van der Waals surface area contributed by atoms with Gasteiger partial charge < -0.3 is 15.0 Å². The van der Waals surface area contributed by atoms with Gasteiger partial charge in [0, 0.05) is 25.2 Å². The summed E-state index contributed by atoms with van der Waals surface area (Å²) in [5.74, 6) is 1.03. The first-order valence-electron chi connectivity index (χ1n) is 7.56. The summed E-state index contributed by atoms with van der Waals surface area (Å²) in [7, 11) is 0. The van der Waals surface area contributed by atoms with Crippen molar-refractivity contribution in [2.45, 2.75) is 32.4 Å². The van der Waals surface area contributed by atoms with E-state index in [4.69, 9.17) is 4.74 Å². The first kappa shape index (κ1) is 15.6. The molecule has 1 atom stereocenters. The lowest BCUT2D eigenvalue weighted by molar-refractivity contribution is -0.131. The SMILES string of the molecule is C=CCOc1ccccc1CNC(C)C(=O)N1CCCC1. The Morgan fingerprint density at radius 3 is 2.86 bits per heavy atom. The fourth-order valence-corrected chi connectivity index (χ4v) is 2.50. The largest absolute Gasteiger partial charge is 0.489 e. The molecule has 4 heteroatoms. The summed E-state index contributed by atoms with van der Waals surface area (Å²) in [6, 6.07) is 7.70. The van der Waals surface area contributed by atoms with Crippen molar-refractivity contribution in [2.24, 2.45) is 0 Å². The van der Waals surface area contributed by atoms with Crippen molar-refractivity contribution in [3.05, 3.63) is 42.5 Å². The fourth-order valence-electron chi connectivity index (χ4n) is 2.50. The average Bonchev–Trinajstić information content (AvgIpc) is 3.05. The number of amides is 1. The van der Waals surface area contributed by atoms with Crippen LogP contribution in [-0.2, 0) is 11.3 Å². The Kier molecular flexibility index (Phi) is 5.81. The molecule has 1 unspecified atom stereocenters. The molecule has 0 saturated carbocycles. The third-order valence-electron chi connectivity index (χ3n) is 3.72. The van der Waals surface area contributed by atoms with E-state index >= 15 is 0 Å². The van der Waals surface area contributed by atoms with E-state index in [1.807, 2.05) is 36.1 Å². The molecular weight excluding hydrogens is 264 g/mol. The van der Waals surface area contributed by atoms with Gasteiger partial charge in [-0.05, 0) is 25.8 Å². The summed E-state index contributed by atoms with van der Waals surface area (Å²) in [6.45, 7) is 8.47. The van der Waals surface area contributed by atoms with Gasteiger partial charge in [0.05, 0.1) is 6.04 Å². The molecule has 0 radical (unpaired) electrons. The predicted molar refractivity (Wildman–Crippen MR) is 84.2 cm³/mol.